The summed E-state index contributed by atoms with van der Waals surface area (Å²) in [7, 11) is -3.13. The van der Waals surface area contributed by atoms with Crippen LogP contribution in [0.5, 0.6) is 0 Å². The summed E-state index contributed by atoms with van der Waals surface area (Å²) in [5.41, 5.74) is 1.30. The van der Waals surface area contributed by atoms with Gasteiger partial charge in [-0.1, -0.05) is 0 Å². The Labute approximate surface area is 149 Å². The second-order valence-electron chi connectivity index (χ2n) is 6.54. The number of carbonyl (C=O) groups excluding carboxylic acids is 2. The minimum atomic E-state index is -3.13. The first-order valence-electron chi connectivity index (χ1n) is 8.31. The summed E-state index contributed by atoms with van der Waals surface area (Å²) in [5, 5.41) is 8.69. The van der Waals surface area contributed by atoms with Gasteiger partial charge in [0.2, 0.25) is 5.91 Å². The normalized spacial score (nSPS) is 25.0. The molecule has 1 N–H and O–H groups in total. The molecule has 134 valence electrons. The molecule has 4 rings (SSSR count). The van der Waals surface area contributed by atoms with Crippen molar-refractivity contribution < 1.29 is 18.0 Å². The first-order chi connectivity index (χ1) is 11.9. The van der Waals surface area contributed by atoms with E-state index in [2.05, 4.69) is 15.4 Å². The Kier molecular flexibility index (Phi) is 4.11. The minimum Gasteiger partial charge on any atom is -0.297 e. The lowest BCUT2D eigenvalue weighted by Crippen LogP contribution is -2.42. The van der Waals surface area contributed by atoms with Crippen LogP contribution >= 0.6 is 11.3 Å². The number of hydrazone groups is 1. The maximum atomic E-state index is 12.5. The van der Waals surface area contributed by atoms with Crippen molar-refractivity contribution in [3.05, 3.63) is 10.6 Å². The van der Waals surface area contributed by atoms with Crippen molar-refractivity contribution in [3.63, 3.8) is 0 Å². The van der Waals surface area contributed by atoms with Gasteiger partial charge in [-0.25, -0.2) is 18.4 Å². The van der Waals surface area contributed by atoms with E-state index in [4.69, 9.17) is 0 Å². The number of hydrogen-bond acceptors (Lipinski definition) is 7. The van der Waals surface area contributed by atoms with Crippen LogP contribution in [0.25, 0.3) is 0 Å². The molecular formula is C15H18N4O4S2. The van der Waals surface area contributed by atoms with Crippen LogP contribution in [0.3, 0.4) is 0 Å². The Balaban J connectivity index is 1.49. The molecular weight excluding hydrogens is 364 g/mol. The molecule has 0 unspecified atom stereocenters. The van der Waals surface area contributed by atoms with E-state index in [1.54, 1.807) is 0 Å². The van der Waals surface area contributed by atoms with Crippen LogP contribution in [-0.4, -0.2) is 53.5 Å². The van der Waals surface area contributed by atoms with Crippen molar-refractivity contribution in [2.24, 2.45) is 5.10 Å². The molecule has 3 heterocycles. The number of nitrogens with one attached hydrogen (secondary N) is 1. The van der Waals surface area contributed by atoms with Crippen molar-refractivity contribution in [2.75, 3.05) is 16.8 Å². The minimum absolute atomic E-state index is 0.0587. The predicted molar refractivity (Wildman–Crippen MR) is 93.3 cm³/mol. The SMILES string of the molecule is O=C(Nc1nc2c(s1)CCC2)C1=NN([C@H]2CCS(=O)(=O)C2)C(=O)CC1. The highest BCUT2D eigenvalue weighted by Crippen LogP contribution is 2.30. The van der Waals surface area contributed by atoms with Crippen molar-refractivity contribution >= 4 is 43.8 Å². The van der Waals surface area contributed by atoms with E-state index in [-0.39, 0.29) is 41.9 Å². The Morgan fingerprint density at radius 1 is 1.24 bits per heavy atom. The van der Waals surface area contributed by atoms with Crippen molar-refractivity contribution in [1.82, 2.24) is 9.99 Å². The van der Waals surface area contributed by atoms with Crippen LogP contribution in [0.2, 0.25) is 0 Å². The number of nitrogens with zero attached hydrogens (tertiary/aromatic N) is 3. The number of carbonyl (C=O) groups is 2. The maximum Gasteiger partial charge on any atom is 0.273 e. The summed E-state index contributed by atoms with van der Waals surface area (Å²) < 4.78 is 23.3. The van der Waals surface area contributed by atoms with Gasteiger partial charge in [0, 0.05) is 17.7 Å². The van der Waals surface area contributed by atoms with Gasteiger partial charge in [-0.2, -0.15) is 5.10 Å². The average molecular weight is 382 g/mol. The molecule has 10 heteroatoms. The molecule has 2 aliphatic heterocycles. The topological polar surface area (TPSA) is 109 Å². The molecule has 3 aliphatic rings. The summed E-state index contributed by atoms with van der Waals surface area (Å²) in [5.74, 6) is -0.628. The van der Waals surface area contributed by atoms with Crippen LogP contribution in [0.1, 0.15) is 36.3 Å². The summed E-state index contributed by atoms with van der Waals surface area (Å²) in [6, 6.07) is -0.468. The zero-order chi connectivity index (χ0) is 17.6. The molecule has 1 aromatic heterocycles. The zero-order valence-electron chi connectivity index (χ0n) is 13.5. The number of anilines is 1. The average Bonchev–Trinajstić information content (AvgIpc) is 3.22. The standard InChI is InChI=1S/C15H18N4O4S2/c20-13-5-4-11(18-19(13)9-6-7-25(22,23)8-9)14(21)17-15-16-10-2-1-3-12(10)24-15/h9H,1-8H2,(H,16,17,21)/t9-/m0/s1. The third-order valence-electron chi connectivity index (χ3n) is 4.69. The van der Waals surface area contributed by atoms with E-state index >= 15 is 0 Å². The Morgan fingerprint density at radius 3 is 2.80 bits per heavy atom. The molecule has 2 amide bonds. The van der Waals surface area contributed by atoms with Gasteiger partial charge >= 0.3 is 0 Å². The van der Waals surface area contributed by atoms with Crippen LogP contribution in [0.4, 0.5) is 5.13 Å². The van der Waals surface area contributed by atoms with Crippen molar-refractivity contribution in [3.8, 4) is 0 Å². The highest BCUT2D eigenvalue weighted by Gasteiger charge is 2.37. The maximum absolute atomic E-state index is 12.5. The molecule has 0 aromatic carbocycles. The Hall–Kier alpha value is -1.81. The molecule has 1 fully saturated rings. The molecule has 0 radical (unpaired) electrons. The molecule has 0 saturated carbocycles. The Morgan fingerprint density at radius 2 is 2.08 bits per heavy atom. The summed E-state index contributed by atoms with van der Waals surface area (Å²) >= 11 is 1.48. The van der Waals surface area contributed by atoms with E-state index in [1.807, 2.05) is 0 Å². The number of rotatable bonds is 3. The first-order valence-corrected chi connectivity index (χ1v) is 10.9. The molecule has 1 saturated heterocycles. The number of aryl methyl sites for hydroxylation is 2. The van der Waals surface area contributed by atoms with Gasteiger partial charge in [-0.15, -0.1) is 11.3 Å². The number of thiazole rings is 1. The van der Waals surface area contributed by atoms with Crippen LogP contribution in [0, 0.1) is 0 Å². The summed E-state index contributed by atoms with van der Waals surface area (Å²) in [6.45, 7) is 0. The van der Waals surface area contributed by atoms with Crippen LogP contribution in [0.15, 0.2) is 5.10 Å². The quantitative estimate of drug-likeness (QED) is 0.829. The highest BCUT2D eigenvalue weighted by atomic mass is 32.2. The fraction of sp³-hybridized carbons (Fsp3) is 0.600. The molecule has 1 aliphatic carbocycles. The monoisotopic (exact) mass is 382 g/mol. The van der Waals surface area contributed by atoms with Crippen molar-refractivity contribution in [2.45, 2.75) is 44.6 Å². The lowest BCUT2D eigenvalue weighted by Gasteiger charge is -2.27. The third-order valence-corrected chi connectivity index (χ3v) is 7.52. The van der Waals surface area contributed by atoms with Crippen LogP contribution < -0.4 is 5.32 Å². The van der Waals surface area contributed by atoms with E-state index in [0.717, 1.165) is 25.0 Å². The largest absolute Gasteiger partial charge is 0.297 e. The number of hydrogen-bond donors (Lipinski definition) is 1. The van der Waals surface area contributed by atoms with E-state index in [1.165, 1.54) is 21.2 Å². The molecule has 0 spiro atoms. The lowest BCUT2D eigenvalue weighted by atomic mass is 10.1. The number of fused-ring (bicyclic) bond motifs is 1. The third kappa shape index (κ3) is 3.32. The smallest absolute Gasteiger partial charge is 0.273 e. The van der Waals surface area contributed by atoms with E-state index < -0.39 is 15.9 Å². The predicted octanol–water partition coefficient (Wildman–Crippen LogP) is 0.736. The van der Waals surface area contributed by atoms with E-state index in [0.29, 0.717) is 11.6 Å². The fourth-order valence-electron chi connectivity index (χ4n) is 3.40. The molecule has 1 aromatic rings. The van der Waals surface area contributed by atoms with E-state index in [9.17, 15) is 18.0 Å². The molecule has 1 atom stereocenters. The van der Waals surface area contributed by atoms with Gasteiger partial charge in [-0.05, 0) is 25.7 Å². The van der Waals surface area contributed by atoms with Gasteiger partial charge in [0.05, 0.1) is 23.2 Å². The Bertz CT molecular complexity index is 853. The molecule has 25 heavy (non-hydrogen) atoms. The van der Waals surface area contributed by atoms with Gasteiger partial charge in [0.15, 0.2) is 15.0 Å². The molecule has 8 nitrogen and oxygen atoms in total. The van der Waals surface area contributed by atoms with Gasteiger partial charge in [0.1, 0.15) is 5.71 Å². The first kappa shape index (κ1) is 16.6. The zero-order valence-corrected chi connectivity index (χ0v) is 15.2. The van der Waals surface area contributed by atoms with Crippen molar-refractivity contribution in [1.29, 1.82) is 0 Å². The number of sulfone groups is 1. The summed E-state index contributed by atoms with van der Waals surface area (Å²) in [6.07, 6.45) is 3.84. The summed E-state index contributed by atoms with van der Waals surface area (Å²) in [4.78, 5) is 30.2. The second kappa shape index (κ2) is 6.17. The van der Waals surface area contributed by atoms with Crippen LogP contribution in [-0.2, 0) is 32.3 Å². The van der Waals surface area contributed by atoms with Gasteiger partial charge in [0.25, 0.3) is 5.91 Å². The van der Waals surface area contributed by atoms with Gasteiger partial charge < -0.3 is 0 Å². The lowest BCUT2D eigenvalue weighted by molar-refractivity contribution is -0.133. The number of aromatic nitrogens is 1. The van der Waals surface area contributed by atoms with Gasteiger partial charge in [-0.3, -0.25) is 14.9 Å². The number of amides is 2. The fourth-order valence-corrected chi connectivity index (χ4v) is 6.14. The highest BCUT2D eigenvalue weighted by molar-refractivity contribution is 7.91. The second-order valence-corrected chi connectivity index (χ2v) is 9.85. The molecule has 0 bridgehead atoms.